The summed E-state index contributed by atoms with van der Waals surface area (Å²) >= 11 is 11.3. The Morgan fingerprint density at radius 1 is 1.35 bits per heavy atom. The number of amides is 1. The third-order valence-electron chi connectivity index (χ3n) is 1.55. The van der Waals surface area contributed by atoms with Crippen molar-refractivity contribution in [2.24, 2.45) is 4.99 Å². The minimum atomic E-state index is -0.750. The predicted octanol–water partition coefficient (Wildman–Crippen LogP) is 2.87. The fourth-order valence-corrected chi connectivity index (χ4v) is 1.41. The average molecular weight is 279 g/mol. The highest BCUT2D eigenvalue weighted by atomic mass is 35.5. The largest absolute Gasteiger partial charge is 0.442 e. The first-order valence-corrected chi connectivity index (χ1v) is 5.50. The minimum Gasteiger partial charge on any atom is -0.442 e. The first-order valence-electron chi connectivity index (χ1n) is 4.74. The molecule has 0 saturated heterocycles. The van der Waals surface area contributed by atoms with Crippen LogP contribution >= 0.6 is 23.2 Å². The van der Waals surface area contributed by atoms with Gasteiger partial charge in [-0.1, -0.05) is 23.2 Å². The molecule has 0 spiro atoms. The van der Waals surface area contributed by atoms with Crippen LogP contribution in [0.4, 0.5) is 4.79 Å². The Bertz CT molecular complexity index is 477. The molecule has 0 saturated carbocycles. The summed E-state index contributed by atoms with van der Waals surface area (Å²) < 4.78 is 5.56. The maximum atomic E-state index is 11.4. The number of pyridine rings is 1. The van der Waals surface area contributed by atoms with Crippen LogP contribution in [0.25, 0.3) is 0 Å². The van der Waals surface area contributed by atoms with Crippen molar-refractivity contribution in [1.29, 1.82) is 0 Å². The molecule has 0 aliphatic heterocycles. The van der Waals surface area contributed by atoms with E-state index in [1.54, 1.807) is 20.8 Å². The lowest BCUT2D eigenvalue weighted by molar-refractivity contribution is 0.0597. The molecular formula is C10H12Cl2N2O3. The second kappa shape index (κ2) is 4.98. The highest BCUT2D eigenvalue weighted by Crippen LogP contribution is 2.11. The second-order valence-corrected chi connectivity index (χ2v) is 5.04. The quantitative estimate of drug-likeness (QED) is 0.586. The van der Waals surface area contributed by atoms with Crippen LogP contribution in [0.15, 0.2) is 17.1 Å². The summed E-state index contributed by atoms with van der Waals surface area (Å²) in [6.45, 7) is 5.19. The number of halogens is 2. The topological polar surface area (TPSA) is 63.8 Å². The Labute approximate surface area is 108 Å². The Balaban J connectivity index is 3.05. The molecule has 1 rings (SSSR count). The van der Waals surface area contributed by atoms with Crippen molar-refractivity contribution in [3.05, 3.63) is 27.8 Å². The smallest absolute Gasteiger partial charge is 0.434 e. The summed E-state index contributed by atoms with van der Waals surface area (Å²) in [5, 5.41) is 9.34. The van der Waals surface area contributed by atoms with Gasteiger partial charge in [0.15, 0.2) is 0 Å². The molecule has 0 bridgehead atoms. The van der Waals surface area contributed by atoms with E-state index < -0.39 is 11.7 Å². The van der Waals surface area contributed by atoms with Crippen molar-refractivity contribution in [3.63, 3.8) is 0 Å². The molecule has 0 aliphatic carbocycles. The zero-order valence-electron chi connectivity index (χ0n) is 9.57. The second-order valence-electron chi connectivity index (χ2n) is 4.26. The van der Waals surface area contributed by atoms with Crippen LogP contribution in [-0.4, -0.2) is 21.6 Å². The minimum absolute atomic E-state index is 0.0557. The molecule has 1 aromatic heterocycles. The highest BCUT2D eigenvalue weighted by molar-refractivity contribution is 6.32. The fourth-order valence-electron chi connectivity index (χ4n) is 0.965. The molecular weight excluding hydrogens is 267 g/mol. The fraction of sp³-hybridized carbons (Fsp3) is 0.400. The third kappa shape index (κ3) is 4.28. The van der Waals surface area contributed by atoms with Crippen LogP contribution in [0.2, 0.25) is 10.3 Å². The standard InChI is InChI=1S/C10H12Cl2N2O3/c1-10(2,3)17-9(15)13-6-4-7(11)14(16)8(12)5-6/h4-5,16H,1-3H3. The molecule has 1 heterocycles. The van der Waals surface area contributed by atoms with Gasteiger partial charge in [0.2, 0.25) is 0 Å². The molecule has 1 amide bonds. The van der Waals surface area contributed by atoms with E-state index >= 15 is 0 Å². The summed E-state index contributed by atoms with van der Waals surface area (Å²) in [6, 6.07) is 2.58. The first-order chi connectivity index (χ1) is 7.69. The number of aromatic nitrogens is 1. The molecule has 0 atom stereocenters. The summed E-state index contributed by atoms with van der Waals surface area (Å²) in [5.41, 5.74) is -0.625. The average Bonchev–Trinajstić information content (AvgIpc) is 2.10. The lowest BCUT2D eigenvalue weighted by Crippen LogP contribution is -2.23. The van der Waals surface area contributed by atoms with Gasteiger partial charge in [0.1, 0.15) is 15.9 Å². The molecule has 94 valence electrons. The Morgan fingerprint density at radius 3 is 2.24 bits per heavy atom. The van der Waals surface area contributed by atoms with Crippen LogP contribution in [-0.2, 0) is 4.74 Å². The molecule has 7 heteroatoms. The van der Waals surface area contributed by atoms with Gasteiger partial charge >= 0.3 is 6.09 Å². The number of hydrogen-bond donors (Lipinski definition) is 1. The van der Waals surface area contributed by atoms with Crippen LogP contribution in [0.5, 0.6) is 0 Å². The predicted molar refractivity (Wildman–Crippen MR) is 63.4 cm³/mol. The zero-order valence-corrected chi connectivity index (χ0v) is 11.1. The van der Waals surface area contributed by atoms with Gasteiger partial charge in [-0.15, -0.1) is 0 Å². The van der Waals surface area contributed by atoms with Gasteiger partial charge < -0.3 is 9.94 Å². The van der Waals surface area contributed by atoms with E-state index in [1.165, 1.54) is 12.1 Å². The van der Waals surface area contributed by atoms with E-state index in [2.05, 4.69) is 4.99 Å². The van der Waals surface area contributed by atoms with Gasteiger partial charge in [0.05, 0.1) is 5.36 Å². The molecule has 0 radical (unpaired) electrons. The third-order valence-corrected chi connectivity index (χ3v) is 2.09. The van der Waals surface area contributed by atoms with Crippen molar-refractivity contribution < 1.29 is 14.7 Å². The lowest BCUT2D eigenvalue weighted by atomic mass is 10.2. The van der Waals surface area contributed by atoms with Crippen molar-refractivity contribution in [3.8, 4) is 0 Å². The van der Waals surface area contributed by atoms with E-state index in [1.807, 2.05) is 0 Å². The maximum Gasteiger partial charge on any atom is 0.434 e. The number of hydrogen-bond acceptors (Lipinski definition) is 3. The van der Waals surface area contributed by atoms with E-state index in [9.17, 15) is 10.0 Å². The molecule has 0 fully saturated rings. The molecule has 1 aromatic rings. The van der Waals surface area contributed by atoms with E-state index in [4.69, 9.17) is 27.9 Å². The van der Waals surface area contributed by atoms with Crippen LogP contribution in [0.1, 0.15) is 20.8 Å². The van der Waals surface area contributed by atoms with E-state index in [0.717, 1.165) is 0 Å². The van der Waals surface area contributed by atoms with Gasteiger partial charge in [0, 0.05) is 12.1 Å². The van der Waals surface area contributed by atoms with Gasteiger partial charge in [-0.05, 0) is 20.8 Å². The first kappa shape index (κ1) is 13.9. The Hall–Kier alpha value is -1.20. The summed E-state index contributed by atoms with van der Waals surface area (Å²) in [4.78, 5) is 15.0. The Morgan fingerprint density at radius 2 is 1.82 bits per heavy atom. The van der Waals surface area contributed by atoms with E-state index in [-0.39, 0.29) is 15.7 Å². The summed E-state index contributed by atoms with van der Waals surface area (Å²) in [7, 11) is 0. The molecule has 17 heavy (non-hydrogen) atoms. The molecule has 0 aliphatic rings. The number of carbonyl (C=O) groups is 1. The molecule has 0 unspecified atom stereocenters. The van der Waals surface area contributed by atoms with Gasteiger partial charge in [-0.2, -0.15) is 9.72 Å². The van der Waals surface area contributed by atoms with Gasteiger partial charge in [0.25, 0.3) is 0 Å². The van der Waals surface area contributed by atoms with Crippen molar-refractivity contribution in [1.82, 2.24) is 4.73 Å². The van der Waals surface area contributed by atoms with Crippen LogP contribution in [0, 0.1) is 0 Å². The number of carbonyl (C=O) groups excluding carboxylic acids is 1. The van der Waals surface area contributed by atoms with Crippen LogP contribution in [0.3, 0.4) is 0 Å². The van der Waals surface area contributed by atoms with Crippen LogP contribution < -0.4 is 5.36 Å². The SMILES string of the molecule is CC(C)(C)OC(=O)N=c1cc(Cl)n(O)c(Cl)c1. The van der Waals surface area contributed by atoms with E-state index in [0.29, 0.717) is 4.73 Å². The number of ether oxygens (including phenoxy) is 1. The normalized spacial score (nSPS) is 11.1. The van der Waals surface area contributed by atoms with Gasteiger partial charge in [-0.25, -0.2) is 4.79 Å². The molecule has 5 nitrogen and oxygen atoms in total. The Kier molecular flexibility index (Phi) is 4.06. The van der Waals surface area contributed by atoms with Crippen molar-refractivity contribution >= 4 is 29.3 Å². The summed E-state index contributed by atoms with van der Waals surface area (Å²) in [6.07, 6.45) is -0.750. The molecule has 0 aromatic carbocycles. The van der Waals surface area contributed by atoms with Crippen molar-refractivity contribution in [2.45, 2.75) is 26.4 Å². The number of rotatable bonds is 0. The molecule has 1 N–H and O–H groups in total. The number of nitrogens with zero attached hydrogens (tertiary/aromatic N) is 2. The monoisotopic (exact) mass is 278 g/mol. The lowest BCUT2D eigenvalue weighted by Gasteiger charge is -2.17. The zero-order chi connectivity index (χ0) is 13.2. The maximum absolute atomic E-state index is 11.4. The van der Waals surface area contributed by atoms with Crippen molar-refractivity contribution in [2.75, 3.05) is 0 Å². The highest BCUT2D eigenvalue weighted by Gasteiger charge is 2.15. The van der Waals surface area contributed by atoms with Gasteiger partial charge in [-0.3, -0.25) is 0 Å². The summed E-state index contributed by atoms with van der Waals surface area (Å²) in [5.74, 6) is 0.